The number of ether oxygens (including phenoxy) is 1. The van der Waals surface area contributed by atoms with Crippen molar-refractivity contribution in [2.75, 3.05) is 37.3 Å². The van der Waals surface area contributed by atoms with Crippen LogP contribution in [0.2, 0.25) is 10.0 Å². The highest BCUT2D eigenvalue weighted by atomic mass is 35.5. The van der Waals surface area contributed by atoms with Crippen molar-refractivity contribution in [2.24, 2.45) is 5.73 Å². The summed E-state index contributed by atoms with van der Waals surface area (Å²) in [6, 6.07) is 6.22. The van der Waals surface area contributed by atoms with Gasteiger partial charge in [0.05, 0.1) is 21.3 Å². The van der Waals surface area contributed by atoms with E-state index in [1.807, 2.05) is 7.05 Å². The molecular formula is C24H26Cl2FN7O. The van der Waals surface area contributed by atoms with E-state index in [-0.39, 0.29) is 17.1 Å². The number of anilines is 2. The first-order chi connectivity index (χ1) is 16.6. The minimum absolute atomic E-state index is 0.0190. The fourth-order valence-electron chi connectivity index (χ4n) is 4.18. The SMILES string of the molecule is CNCC1(N)CN(c2ncc(C(=N)c3cc(O[C@H](C)c4c(Cl)cncc4Cl)ccc3N)cc2F)C1. The normalized spacial score (nSPS) is 15.4. The summed E-state index contributed by atoms with van der Waals surface area (Å²) in [5.41, 5.74) is 13.6. The number of likely N-dealkylation sites (N-methyl/N-ethyl adjacent to an activating group) is 1. The molecule has 11 heteroatoms. The lowest BCUT2D eigenvalue weighted by molar-refractivity contribution is 0.227. The van der Waals surface area contributed by atoms with Crippen LogP contribution in [-0.4, -0.2) is 47.9 Å². The summed E-state index contributed by atoms with van der Waals surface area (Å²) in [6.45, 7) is 3.41. The van der Waals surface area contributed by atoms with Crippen LogP contribution in [0.1, 0.15) is 29.7 Å². The molecule has 3 heterocycles. The second-order valence-electron chi connectivity index (χ2n) is 8.68. The number of nitrogens with zero attached hydrogens (tertiary/aromatic N) is 3. The first-order valence-corrected chi connectivity index (χ1v) is 11.7. The number of nitrogens with one attached hydrogen (secondary N) is 2. The second-order valence-corrected chi connectivity index (χ2v) is 9.49. The molecule has 0 bridgehead atoms. The van der Waals surface area contributed by atoms with Crippen molar-refractivity contribution in [1.82, 2.24) is 15.3 Å². The van der Waals surface area contributed by atoms with Gasteiger partial charge in [-0.25, -0.2) is 9.37 Å². The predicted octanol–water partition coefficient (Wildman–Crippen LogP) is 3.80. The number of pyridine rings is 2. The number of aromatic nitrogens is 2. The third kappa shape index (κ3) is 5.18. The Labute approximate surface area is 212 Å². The largest absolute Gasteiger partial charge is 0.486 e. The van der Waals surface area contributed by atoms with Crippen LogP contribution in [0, 0.1) is 11.2 Å². The Morgan fingerprint density at radius 2 is 1.94 bits per heavy atom. The average molecular weight is 518 g/mol. The molecule has 4 rings (SSSR count). The molecule has 0 aliphatic carbocycles. The Morgan fingerprint density at radius 1 is 1.26 bits per heavy atom. The number of hydrogen-bond acceptors (Lipinski definition) is 8. The summed E-state index contributed by atoms with van der Waals surface area (Å²) in [5, 5.41) is 12.5. The molecule has 1 saturated heterocycles. The molecule has 0 saturated carbocycles. The summed E-state index contributed by atoms with van der Waals surface area (Å²) >= 11 is 12.5. The van der Waals surface area contributed by atoms with Crippen LogP contribution in [0.25, 0.3) is 0 Å². The summed E-state index contributed by atoms with van der Waals surface area (Å²) in [5.74, 6) is 0.133. The molecule has 1 aliphatic rings. The summed E-state index contributed by atoms with van der Waals surface area (Å²) in [7, 11) is 1.83. The van der Waals surface area contributed by atoms with Gasteiger partial charge in [0.2, 0.25) is 0 Å². The Bertz CT molecular complexity index is 1250. The maximum atomic E-state index is 14.9. The zero-order chi connectivity index (χ0) is 25.3. The molecule has 1 atom stereocenters. The van der Waals surface area contributed by atoms with Gasteiger partial charge >= 0.3 is 0 Å². The monoisotopic (exact) mass is 517 g/mol. The van der Waals surface area contributed by atoms with Gasteiger partial charge in [-0.1, -0.05) is 23.2 Å². The van der Waals surface area contributed by atoms with Gasteiger partial charge in [-0.2, -0.15) is 0 Å². The number of nitrogen functional groups attached to an aromatic ring is 1. The minimum Gasteiger partial charge on any atom is -0.486 e. The zero-order valence-corrected chi connectivity index (χ0v) is 20.8. The Kier molecular flexibility index (Phi) is 7.14. The van der Waals surface area contributed by atoms with E-state index in [9.17, 15) is 4.39 Å². The van der Waals surface area contributed by atoms with Crippen molar-refractivity contribution in [2.45, 2.75) is 18.6 Å². The lowest BCUT2D eigenvalue weighted by Gasteiger charge is -2.48. The quantitative estimate of drug-likeness (QED) is 0.264. The van der Waals surface area contributed by atoms with Gasteiger partial charge in [0.15, 0.2) is 11.6 Å². The molecule has 2 aromatic heterocycles. The van der Waals surface area contributed by atoms with Crippen LogP contribution in [0.4, 0.5) is 15.9 Å². The molecule has 0 unspecified atom stereocenters. The van der Waals surface area contributed by atoms with E-state index in [0.29, 0.717) is 52.2 Å². The second kappa shape index (κ2) is 9.94. The smallest absolute Gasteiger partial charge is 0.166 e. The average Bonchev–Trinajstić information content (AvgIpc) is 2.78. The van der Waals surface area contributed by atoms with E-state index in [2.05, 4.69) is 15.3 Å². The Morgan fingerprint density at radius 3 is 2.57 bits per heavy atom. The number of hydrogen-bond donors (Lipinski definition) is 4. The topological polar surface area (TPSA) is 126 Å². The summed E-state index contributed by atoms with van der Waals surface area (Å²) in [4.78, 5) is 9.99. The highest BCUT2D eigenvalue weighted by molar-refractivity contribution is 6.35. The standard InChI is InChI=1S/C24H26Cl2FN7O/c1-13(21-17(25)8-32-9-18(21)26)35-15-3-4-20(28)16(6-15)22(29)14-5-19(27)23(33-7-14)34-11-24(30,12-34)10-31-2/h3-9,13,29,31H,10-12,28,30H2,1-2H3/t13-/m1/s1. The highest BCUT2D eigenvalue weighted by Crippen LogP contribution is 2.34. The van der Waals surface area contributed by atoms with Gasteiger partial charge in [-0.3, -0.25) is 10.4 Å². The lowest BCUT2D eigenvalue weighted by Crippen LogP contribution is -2.71. The number of rotatable bonds is 8. The molecule has 0 spiro atoms. The number of benzene rings is 1. The van der Waals surface area contributed by atoms with Crippen LogP contribution in [0.15, 0.2) is 42.9 Å². The highest BCUT2D eigenvalue weighted by Gasteiger charge is 2.40. The predicted molar refractivity (Wildman–Crippen MR) is 137 cm³/mol. The first kappa shape index (κ1) is 25.1. The van der Waals surface area contributed by atoms with E-state index in [1.54, 1.807) is 30.0 Å². The van der Waals surface area contributed by atoms with Gasteiger partial charge in [-0.05, 0) is 38.2 Å². The molecule has 1 aromatic carbocycles. The molecule has 1 fully saturated rings. The van der Waals surface area contributed by atoms with E-state index < -0.39 is 17.5 Å². The van der Waals surface area contributed by atoms with E-state index >= 15 is 0 Å². The van der Waals surface area contributed by atoms with E-state index in [4.69, 9.17) is 44.8 Å². The van der Waals surface area contributed by atoms with Crippen LogP contribution in [-0.2, 0) is 0 Å². The maximum Gasteiger partial charge on any atom is 0.166 e. The van der Waals surface area contributed by atoms with Crippen molar-refractivity contribution in [3.8, 4) is 5.75 Å². The molecule has 35 heavy (non-hydrogen) atoms. The molecular weight excluding hydrogens is 492 g/mol. The zero-order valence-electron chi connectivity index (χ0n) is 19.3. The maximum absolute atomic E-state index is 14.9. The third-order valence-electron chi connectivity index (χ3n) is 5.85. The van der Waals surface area contributed by atoms with Gasteiger partial charge in [0.25, 0.3) is 0 Å². The van der Waals surface area contributed by atoms with Gasteiger partial charge in [-0.15, -0.1) is 0 Å². The summed E-state index contributed by atoms with van der Waals surface area (Å²) < 4.78 is 20.9. The van der Waals surface area contributed by atoms with Crippen molar-refractivity contribution in [3.05, 3.63) is 75.4 Å². The Hall–Kier alpha value is -2.98. The number of nitrogens with two attached hydrogens (primary N) is 2. The Balaban J connectivity index is 1.53. The van der Waals surface area contributed by atoms with Gasteiger partial charge in [0.1, 0.15) is 11.9 Å². The molecule has 6 N–H and O–H groups in total. The van der Waals surface area contributed by atoms with Crippen LogP contribution in [0.5, 0.6) is 5.75 Å². The number of halogens is 3. The van der Waals surface area contributed by atoms with Gasteiger partial charge in [0, 0.05) is 60.6 Å². The molecule has 1 aliphatic heterocycles. The van der Waals surface area contributed by atoms with Crippen molar-refractivity contribution >= 4 is 40.4 Å². The fraction of sp³-hybridized carbons (Fsp3) is 0.292. The fourth-order valence-corrected chi connectivity index (χ4v) is 4.85. The lowest BCUT2D eigenvalue weighted by atomic mass is 9.91. The van der Waals surface area contributed by atoms with E-state index in [1.165, 1.54) is 24.7 Å². The van der Waals surface area contributed by atoms with Crippen molar-refractivity contribution in [1.29, 1.82) is 5.41 Å². The first-order valence-electron chi connectivity index (χ1n) is 10.9. The molecule has 184 valence electrons. The van der Waals surface area contributed by atoms with Crippen molar-refractivity contribution < 1.29 is 9.13 Å². The molecule has 0 radical (unpaired) electrons. The molecule has 3 aromatic rings. The minimum atomic E-state index is -0.527. The van der Waals surface area contributed by atoms with Crippen molar-refractivity contribution in [3.63, 3.8) is 0 Å². The van der Waals surface area contributed by atoms with Crippen LogP contribution >= 0.6 is 23.2 Å². The van der Waals surface area contributed by atoms with Crippen LogP contribution in [0.3, 0.4) is 0 Å². The third-order valence-corrected chi connectivity index (χ3v) is 6.46. The van der Waals surface area contributed by atoms with E-state index in [0.717, 1.165) is 0 Å². The van der Waals surface area contributed by atoms with Crippen LogP contribution < -0.4 is 26.4 Å². The molecule has 8 nitrogen and oxygen atoms in total. The molecule has 0 amide bonds. The van der Waals surface area contributed by atoms with Gasteiger partial charge < -0.3 is 26.4 Å². The summed E-state index contributed by atoms with van der Waals surface area (Å²) in [6.07, 6.45) is 3.95.